The van der Waals surface area contributed by atoms with E-state index in [1.54, 1.807) is 13.0 Å². The van der Waals surface area contributed by atoms with E-state index >= 15 is 0 Å². The molecule has 1 aromatic carbocycles. The van der Waals surface area contributed by atoms with Gasteiger partial charge in [0.25, 0.3) is 0 Å². The van der Waals surface area contributed by atoms with Crippen LogP contribution in [0.4, 0.5) is 0 Å². The van der Waals surface area contributed by atoms with Crippen molar-refractivity contribution in [1.29, 1.82) is 0 Å². The van der Waals surface area contributed by atoms with Crippen molar-refractivity contribution in [1.82, 2.24) is 0 Å². The summed E-state index contributed by atoms with van der Waals surface area (Å²) in [5.41, 5.74) is 2.13. The summed E-state index contributed by atoms with van der Waals surface area (Å²) < 4.78 is 1.13. The first-order chi connectivity index (χ1) is 7.16. The van der Waals surface area contributed by atoms with Crippen molar-refractivity contribution in [2.45, 2.75) is 6.92 Å². The molecule has 0 aromatic heterocycles. The van der Waals surface area contributed by atoms with E-state index in [9.17, 15) is 4.79 Å². The third-order valence-corrected chi connectivity index (χ3v) is 2.71. The third kappa shape index (κ3) is 2.26. The maximum absolute atomic E-state index is 11.3. The molecule has 0 radical (unpaired) electrons. The minimum absolute atomic E-state index is 0.383. The quantitative estimate of drug-likeness (QED) is 0.454. The smallest absolute Gasteiger partial charge is 0.312 e. The molecule has 15 heavy (non-hydrogen) atoms. The van der Waals surface area contributed by atoms with Crippen LogP contribution in [0.3, 0.4) is 0 Å². The number of rotatable bonds is 1. The number of hydrogen-bond acceptors (Lipinski definition) is 3. The van der Waals surface area contributed by atoms with Gasteiger partial charge in [-0.1, -0.05) is 17.3 Å². The average molecular weight is 313 g/mol. The summed E-state index contributed by atoms with van der Waals surface area (Å²) in [6, 6.07) is 7.87. The summed E-state index contributed by atoms with van der Waals surface area (Å²) in [6.45, 7) is 1.75. The van der Waals surface area contributed by atoms with Crippen molar-refractivity contribution in [2.24, 2.45) is 5.16 Å². The molecule has 0 fully saturated rings. The normalized spacial score (nSPS) is 17.9. The molecule has 0 saturated carbocycles. The summed E-state index contributed by atoms with van der Waals surface area (Å²) in [5, 5.41) is 3.61. The zero-order valence-electron chi connectivity index (χ0n) is 8.03. The lowest BCUT2D eigenvalue weighted by Crippen LogP contribution is -2.01. The van der Waals surface area contributed by atoms with Crippen LogP contribution in [0.15, 0.2) is 35.0 Å². The minimum atomic E-state index is -0.383. The molecule has 76 valence electrons. The molecule has 1 aliphatic heterocycles. The number of carbonyl (C=O) groups is 1. The molecule has 1 aliphatic rings. The van der Waals surface area contributed by atoms with E-state index in [-0.39, 0.29) is 5.97 Å². The van der Waals surface area contributed by atoms with Crippen molar-refractivity contribution in [3.05, 3.63) is 39.0 Å². The maximum Gasteiger partial charge on any atom is 0.367 e. The molecule has 0 atom stereocenters. The highest BCUT2D eigenvalue weighted by atomic mass is 127. The monoisotopic (exact) mass is 313 g/mol. The van der Waals surface area contributed by atoms with Gasteiger partial charge in [-0.25, -0.2) is 4.79 Å². The second kappa shape index (κ2) is 4.14. The van der Waals surface area contributed by atoms with Crippen LogP contribution >= 0.6 is 22.6 Å². The van der Waals surface area contributed by atoms with Crippen LogP contribution in [0.2, 0.25) is 0 Å². The number of carbonyl (C=O) groups excluding carboxylic acids is 1. The van der Waals surface area contributed by atoms with E-state index < -0.39 is 0 Å². The van der Waals surface area contributed by atoms with Crippen LogP contribution in [0.1, 0.15) is 12.5 Å². The second-order valence-electron chi connectivity index (χ2n) is 3.17. The number of oxime groups is 1. The lowest BCUT2D eigenvalue weighted by molar-refractivity contribution is -0.136. The van der Waals surface area contributed by atoms with Crippen molar-refractivity contribution in [2.75, 3.05) is 0 Å². The molecule has 1 aromatic rings. The number of halogens is 1. The van der Waals surface area contributed by atoms with Gasteiger partial charge in [0.2, 0.25) is 0 Å². The van der Waals surface area contributed by atoms with Crippen LogP contribution < -0.4 is 0 Å². The topological polar surface area (TPSA) is 38.7 Å². The Hall–Kier alpha value is -1.17. The van der Waals surface area contributed by atoms with E-state index in [0.717, 1.165) is 9.13 Å². The Kier molecular flexibility index (Phi) is 2.86. The Morgan fingerprint density at radius 3 is 2.87 bits per heavy atom. The van der Waals surface area contributed by atoms with Gasteiger partial charge in [0.05, 0.1) is 11.3 Å². The first-order valence-electron chi connectivity index (χ1n) is 4.40. The molecule has 2 rings (SSSR count). The first-order valence-corrected chi connectivity index (χ1v) is 5.48. The highest BCUT2D eigenvalue weighted by Crippen LogP contribution is 2.16. The van der Waals surface area contributed by atoms with Gasteiger partial charge in [0.1, 0.15) is 0 Å². The number of hydrogen-bond donors (Lipinski definition) is 0. The fourth-order valence-electron chi connectivity index (χ4n) is 1.28. The molecule has 0 unspecified atom stereocenters. The standard InChI is InChI=1S/C11H8INO2/c1-7-10(11(14)15-13-7)6-8-3-2-4-9(12)5-8/h2-6H,1H3/b10-6-. The Labute approximate surface area is 101 Å². The van der Waals surface area contributed by atoms with Gasteiger partial charge in [0.15, 0.2) is 0 Å². The van der Waals surface area contributed by atoms with Gasteiger partial charge < -0.3 is 4.84 Å². The highest BCUT2D eigenvalue weighted by molar-refractivity contribution is 14.1. The molecule has 1 heterocycles. The van der Waals surface area contributed by atoms with Crippen LogP contribution in [0.25, 0.3) is 6.08 Å². The van der Waals surface area contributed by atoms with E-state index in [1.807, 2.05) is 24.3 Å². The molecule has 3 nitrogen and oxygen atoms in total. The van der Waals surface area contributed by atoms with E-state index in [0.29, 0.717) is 11.3 Å². The molecule has 0 amide bonds. The zero-order valence-corrected chi connectivity index (χ0v) is 10.2. The predicted octanol–water partition coefficient (Wildman–Crippen LogP) is 2.61. The van der Waals surface area contributed by atoms with Gasteiger partial charge >= 0.3 is 5.97 Å². The SMILES string of the molecule is CC1=NOC(=O)/C1=C\c1cccc(I)c1. The summed E-state index contributed by atoms with van der Waals surface area (Å²) in [6.07, 6.45) is 1.79. The van der Waals surface area contributed by atoms with Gasteiger partial charge in [-0.15, -0.1) is 0 Å². The summed E-state index contributed by atoms with van der Waals surface area (Å²) in [7, 11) is 0. The Bertz CT molecular complexity index is 477. The summed E-state index contributed by atoms with van der Waals surface area (Å²) in [4.78, 5) is 15.8. The Morgan fingerprint density at radius 1 is 1.47 bits per heavy atom. The predicted molar refractivity (Wildman–Crippen MR) is 66.3 cm³/mol. The Morgan fingerprint density at radius 2 is 2.27 bits per heavy atom. The van der Waals surface area contributed by atoms with Crippen molar-refractivity contribution in [3.8, 4) is 0 Å². The summed E-state index contributed by atoms with van der Waals surface area (Å²) in [5.74, 6) is -0.383. The van der Waals surface area contributed by atoms with Gasteiger partial charge in [-0.3, -0.25) is 0 Å². The molecule has 0 spiro atoms. The zero-order chi connectivity index (χ0) is 10.8. The molecule has 0 bridgehead atoms. The second-order valence-corrected chi connectivity index (χ2v) is 4.41. The van der Waals surface area contributed by atoms with Crippen molar-refractivity contribution < 1.29 is 9.63 Å². The van der Waals surface area contributed by atoms with Crippen LogP contribution in [0, 0.1) is 3.57 Å². The lowest BCUT2D eigenvalue weighted by atomic mass is 10.1. The number of benzene rings is 1. The molecule has 0 saturated heterocycles. The van der Waals surface area contributed by atoms with Gasteiger partial charge in [-0.2, -0.15) is 0 Å². The molecule has 0 aliphatic carbocycles. The average Bonchev–Trinajstić information content (AvgIpc) is 2.50. The minimum Gasteiger partial charge on any atom is -0.312 e. The lowest BCUT2D eigenvalue weighted by Gasteiger charge is -1.96. The molecule has 0 N–H and O–H groups in total. The largest absolute Gasteiger partial charge is 0.367 e. The fourth-order valence-corrected chi connectivity index (χ4v) is 1.85. The van der Waals surface area contributed by atoms with Crippen LogP contribution in [-0.4, -0.2) is 11.7 Å². The maximum atomic E-state index is 11.3. The van der Waals surface area contributed by atoms with Crippen molar-refractivity contribution in [3.63, 3.8) is 0 Å². The number of nitrogens with zero attached hydrogens (tertiary/aromatic N) is 1. The summed E-state index contributed by atoms with van der Waals surface area (Å²) >= 11 is 2.23. The Balaban J connectivity index is 2.38. The highest BCUT2D eigenvalue weighted by Gasteiger charge is 2.21. The van der Waals surface area contributed by atoms with E-state index in [2.05, 4.69) is 32.6 Å². The fraction of sp³-hybridized carbons (Fsp3) is 0.0909. The third-order valence-electron chi connectivity index (χ3n) is 2.03. The first kappa shape index (κ1) is 10.4. The molecular weight excluding hydrogens is 305 g/mol. The molecule has 4 heteroatoms. The van der Waals surface area contributed by atoms with Gasteiger partial charge in [-0.05, 0) is 53.3 Å². The van der Waals surface area contributed by atoms with E-state index in [1.165, 1.54) is 0 Å². The molecular formula is C11H8INO2. The van der Waals surface area contributed by atoms with Gasteiger partial charge in [0, 0.05) is 3.57 Å². The van der Waals surface area contributed by atoms with E-state index in [4.69, 9.17) is 0 Å². The van der Waals surface area contributed by atoms with Crippen molar-refractivity contribution >= 4 is 40.3 Å². The van der Waals surface area contributed by atoms with Crippen LogP contribution in [-0.2, 0) is 9.63 Å². The van der Waals surface area contributed by atoms with Crippen LogP contribution in [0.5, 0.6) is 0 Å².